The first-order valence-electron chi connectivity index (χ1n) is 7.99. The Morgan fingerprint density at radius 2 is 2.11 bits per heavy atom. The molecule has 0 fully saturated rings. The van der Waals surface area contributed by atoms with E-state index in [1.807, 2.05) is 0 Å². The molecule has 2 aromatic rings. The first-order valence-corrected chi connectivity index (χ1v) is 11.7. The molecule has 0 aliphatic carbocycles. The second-order valence-electron chi connectivity index (χ2n) is 5.80. The van der Waals surface area contributed by atoms with Crippen LogP contribution in [0.15, 0.2) is 46.0 Å². The summed E-state index contributed by atoms with van der Waals surface area (Å²) >= 11 is 10.3. The van der Waals surface area contributed by atoms with Crippen molar-refractivity contribution in [2.45, 2.75) is 42.8 Å². The minimum absolute atomic E-state index is 0.0386. The molecule has 10 heteroatoms. The summed E-state index contributed by atoms with van der Waals surface area (Å²) in [6, 6.07) is 7.60. The number of thioether (sulfide) groups is 1. The molecule has 1 heterocycles. The number of rotatable bonds is 8. The predicted octanol–water partition coefficient (Wildman–Crippen LogP) is 6.84. The monoisotopic (exact) mass is 499 g/mol. The van der Waals surface area contributed by atoms with Crippen LogP contribution in [-0.2, 0) is 20.5 Å². The Morgan fingerprint density at radius 3 is 2.67 bits per heavy atom. The van der Waals surface area contributed by atoms with E-state index >= 15 is 0 Å². The van der Waals surface area contributed by atoms with Crippen molar-refractivity contribution in [3.8, 4) is 0 Å². The van der Waals surface area contributed by atoms with Crippen LogP contribution in [0.4, 0.5) is 8.78 Å². The second-order valence-corrected chi connectivity index (χ2v) is 9.90. The molecular formula is C17H18BrClF2NO3PS. The molecule has 148 valence electrons. The largest absolute Gasteiger partial charge is 0.402 e. The molecular weight excluding hydrogens is 483 g/mol. The molecule has 0 saturated carbocycles. The van der Waals surface area contributed by atoms with Gasteiger partial charge in [0.15, 0.2) is 0 Å². The molecule has 0 spiro atoms. The molecule has 0 amide bonds. The average Bonchev–Trinajstić information content (AvgIpc) is 2.60. The number of nitrogens with zero attached hydrogens (tertiary/aromatic N) is 1. The Morgan fingerprint density at radius 1 is 1.41 bits per heavy atom. The lowest BCUT2D eigenvalue weighted by atomic mass is 10.1. The number of halogens is 4. The van der Waals surface area contributed by atoms with E-state index in [-0.39, 0.29) is 4.47 Å². The molecule has 0 radical (unpaired) electrons. The van der Waals surface area contributed by atoms with Crippen LogP contribution >= 0.6 is 46.9 Å². The van der Waals surface area contributed by atoms with E-state index in [1.165, 1.54) is 37.0 Å². The summed E-state index contributed by atoms with van der Waals surface area (Å²) in [5, 5.41) is 1.27. The van der Waals surface area contributed by atoms with E-state index in [0.717, 1.165) is 16.7 Å². The van der Waals surface area contributed by atoms with Gasteiger partial charge in [-0.2, -0.15) is 8.78 Å². The standard InChI is InChI=1S/C17H18BrClF2NO3PS/c1-3-11(2)25-26(23,24)17(20,21)14-6-4-12(8-15(14)18)10-27-16-7-5-13(19)9-22-16/h4-9,11H,3,10H2,1-2H3,(H,23,24). The van der Waals surface area contributed by atoms with Gasteiger partial charge in [-0.15, -0.1) is 11.8 Å². The summed E-state index contributed by atoms with van der Waals surface area (Å²) in [7, 11) is -5.19. The number of hydrogen-bond acceptors (Lipinski definition) is 4. The Hall–Kier alpha value is -0.500. The highest BCUT2D eigenvalue weighted by molar-refractivity contribution is 9.10. The Bertz CT molecular complexity index is 841. The normalized spacial score (nSPS) is 15.4. The van der Waals surface area contributed by atoms with Crippen LogP contribution < -0.4 is 0 Å². The number of benzene rings is 1. The smallest absolute Gasteiger partial charge is 0.320 e. The molecule has 0 saturated heterocycles. The molecule has 2 unspecified atom stereocenters. The topological polar surface area (TPSA) is 59.4 Å². The highest BCUT2D eigenvalue weighted by Gasteiger charge is 2.54. The lowest BCUT2D eigenvalue weighted by Crippen LogP contribution is -2.19. The number of pyridine rings is 1. The molecule has 2 atom stereocenters. The summed E-state index contributed by atoms with van der Waals surface area (Å²) < 4.78 is 46.1. The fourth-order valence-electron chi connectivity index (χ4n) is 2.03. The van der Waals surface area contributed by atoms with Crippen molar-refractivity contribution in [2.75, 3.05) is 0 Å². The molecule has 0 aliphatic heterocycles. The van der Waals surface area contributed by atoms with E-state index in [4.69, 9.17) is 16.1 Å². The molecule has 2 rings (SSSR count). The minimum Gasteiger partial charge on any atom is -0.320 e. The maximum Gasteiger partial charge on any atom is 0.402 e. The van der Waals surface area contributed by atoms with Crippen molar-refractivity contribution < 1.29 is 22.8 Å². The Labute approximate surface area is 174 Å². The van der Waals surface area contributed by atoms with Gasteiger partial charge < -0.3 is 9.42 Å². The fourth-order valence-corrected chi connectivity index (χ4v) is 5.03. The van der Waals surface area contributed by atoms with Gasteiger partial charge in [0.05, 0.1) is 16.2 Å². The molecule has 1 aromatic carbocycles. The van der Waals surface area contributed by atoms with Gasteiger partial charge in [0.1, 0.15) is 0 Å². The van der Waals surface area contributed by atoms with Gasteiger partial charge in [0.2, 0.25) is 0 Å². The van der Waals surface area contributed by atoms with Gasteiger partial charge in [-0.25, -0.2) is 4.98 Å². The molecule has 1 N–H and O–H groups in total. The zero-order valence-electron chi connectivity index (χ0n) is 14.5. The summed E-state index contributed by atoms with van der Waals surface area (Å²) in [5.41, 5.74) is -3.87. The summed E-state index contributed by atoms with van der Waals surface area (Å²) in [6.07, 6.45) is 1.11. The van der Waals surface area contributed by atoms with E-state index in [1.54, 1.807) is 19.1 Å². The highest BCUT2D eigenvalue weighted by atomic mass is 79.9. The molecule has 0 aliphatic rings. The van der Waals surface area contributed by atoms with Crippen LogP contribution in [0, 0.1) is 0 Å². The zero-order valence-corrected chi connectivity index (χ0v) is 18.6. The van der Waals surface area contributed by atoms with Gasteiger partial charge in [-0.1, -0.05) is 46.6 Å². The van der Waals surface area contributed by atoms with Gasteiger partial charge in [-0.05, 0) is 37.1 Å². The third kappa shape index (κ3) is 5.75. The third-order valence-electron chi connectivity index (χ3n) is 3.70. The van der Waals surface area contributed by atoms with Gasteiger partial charge >= 0.3 is 13.3 Å². The van der Waals surface area contributed by atoms with E-state index in [0.29, 0.717) is 17.2 Å². The van der Waals surface area contributed by atoms with Crippen LogP contribution in [0.2, 0.25) is 5.02 Å². The van der Waals surface area contributed by atoms with Crippen LogP contribution in [0.5, 0.6) is 0 Å². The van der Waals surface area contributed by atoms with Crippen molar-refractivity contribution in [3.05, 3.63) is 57.2 Å². The molecule has 0 bridgehead atoms. The van der Waals surface area contributed by atoms with Crippen LogP contribution in [-0.4, -0.2) is 16.0 Å². The quantitative estimate of drug-likeness (QED) is 0.318. The van der Waals surface area contributed by atoms with E-state index in [9.17, 15) is 18.2 Å². The lowest BCUT2D eigenvalue weighted by molar-refractivity contribution is 0.0341. The fraction of sp³-hybridized carbons (Fsp3) is 0.353. The maximum atomic E-state index is 14.6. The molecule has 4 nitrogen and oxygen atoms in total. The van der Waals surface area contributed by atoms with Crippen LogP contribution in [0.25, 0.3) is 0 Å². The van der Waals surface area contributed by atoms with Crippen LogP contribution in [0.1, 0.15) is 31.4 Å². The number of alkyl halides is 2. The van der Waals surface area contributed by atoms with Gasteiger partial charge in [0, 0.05) is 22.0 Å². The van der Waals surface area contributed by atoms with Crippen molar-refractivity contribution in [2.24, 2.45) is 0 Å². The SMILES string of the molecule is CCC(C)OP(=O)(O)C(F)(F)c1ccc(CSc2ccc(Cl)cn2)cc1Br. The molecule has 27 heavy (non-hydrogen) atoms. The summed E-state index contributed by atoms with van der Waals surface area (Å²) in [6.45, 7) is 3.15. The van der Waals surface area contributed by atoms with Crippen molar-refractivity contribution in [1.29, 1.82) is 0 Å². The van der Waals surface area contributed by atoms with Crippen molar-refractivity contribution in [3.63, 3.8) is 0 Å². The number of aromatic nitrogens is 1. The third-order valence-corrected chi connectivity index (χ3v) is 7.19. The summed E-state index contributed by atoms with van der Waals surface area (Å²) in [4.78, 5) is 14.0. The minimum atomic E-state index is -5.19. The van der Waals surface area contributed by atoms with E-state index < -0.39 is 24.9 Å². The first kappa shape index (κ1) is 22.8. The maximum absolute atomic E-state index is 14.6. The van der Waals surface area contributed by atoms with Crippen molar-refractivity contribution in [1.82, 2.24) is 4.98 Å². The number of hydrogen-bond donors (Lipinski definition) is 1. The average molecular weight is 501 g/mol. The predicted molar refractivity (Wildman–Crippen MR) is 108 cm³/mol. The van der Waals surface area contributed by atoms with Gasteiger partial charge in [0.25, 0.3) is 0 Å². The Balaban J connectivity index is 2.17. The van der Waals surface area contributed by atoms with Crippen molar-refractivity contribution >= 4 is 46.9 Å². The van der Waals surface area contributed by atoms with Crippen LogP contribution in [0.3, 0.4) is 0 Å². The lowest BCUT2D eigenvalue weighted by Gasteiger charge is -2.25. The second kappa shape index (κ2) is 9.33. The molecule has 1 aromatic heterocycles. The first-order chi connectivity index (χ1) is 12.6. The Kier molecular flexibility index (Phi) is 7.88. The van der Waals surface area contributed by atoms with Gasteiger partial charge in [-0.3, -0.25) is 4.57 Å². The van der Waals surface area contributed by atoms with E-state index in [2.05, 4.69) is 20.9 Å². The zero-order chi connectivity index (χ0) is 20.2. The highest BCUT2D eigenvalue weighted by Crippen LogP contribution is 2.64. The summed E-state index contributed by atoms with van der Waals surface area (Å²) in [5.74, 6) is 0.485.